The second kappa shape index (κ2) is 4.67. The molecule has 0 bridgehead atoms. The SMILES string of the molecule is CC1CCC(CSCC(C)(C)N)O1. The molecule has 2 unspecified atom stereocenters. The molecule has 2 N–H and O–H groups in total. The standard InChI is InChI=1S/C10H21NOS/c1-8-4-5-9(12-8)6-13-7-10(2,3)11/h8-9H,4-7,11H2,1-3H3. The second-order valence-electron chi connectivity index (χ2n) is 4.65. The van der Waals surface area contributed by atoms with E-state index in [1.165, 1.54) is 12.8 Å². The molecule has 0 amide bonds. The van der Waals surface area contributed by atoms with Gasteiger partial charge in [0.15, 0.2) is 0 Å². The van der Waals surface area contributed by atoms with Gasteiger partial charge in [-0.1, -0.05) is 0 Å². The van der Waals surface area contributed by atoms with Crippen LogP contribution in [0.4, 0.5) is 0 Å². The van der Waals surface area contributed by atoms with Gasteiger partial charge in [-0.2, -0.15) is 11.8 Å². The Hall–Kier alpha value is 0.270. The maximum Gasteiger partial charge on any atom is 0.0670 e. The van der Waals surface area contributed by atoms with Crippen molar-refractivity contribution in [3.05, 3.63) is 0 Å². The molecule has 1 rings (SSSR count). The maximum absolute atomic E-state index is 5.89. The van der Waals surface area contributed by atoms with E-state index in [-0.39, 0.29) is 5.54 Å². The highest BCUT2D eigenvalue weighted by Crippen LogP contribution is 2.23. The van der Waals surface area contributed by atoms with Crippen molar-refractivity contribution in [3.8, 4) is 0 Å². The van der Waals surface area contributed by atoms with Crippen LogP contribution in [0.2, 0.25) is 0 Å². The first-order chi connectivity index (χ1) is 5.97. The largest absolute Gasteiger partial charge is 0.374 e. The fourth-order valence-electron chi connectivity index (χ4n) is 1.46. The van der Waals surface area contributed by atoms with Gasteiger partial charge in [0.05, 0.1) is 12.2 Å². The lowest BCUT2D eigenvalue weighted by atomic mass is 10.1. The summed E-state index contributed by atoms with van der Waals surface area (Å²) in [6, 6.07) is 0. The van der Waals surface area contributed by atoms with E-state index >= 15 is 0 Å². The first-order valence-electron chi connectivity index (χ1n) is 4.99. The number of nitrogens with two attached hydrogens (primary N) is 1. The fourth-order valence-corrected chi connectivity index (χ4v) is 2.61. The third kappa shape index (κ3) is 4.89. The average molecular weight is 203 g/mol. The molecule has 1 aliphatic heterocycles. The normalized spacial score (nSPS) is 29.5. The van der Waals surface area contributed by atoms with Crippen LogP contribution < -0.4 is 5.73 Å². The van der Waals surface area contributed by atoms with Crippen LogP contribution >= 0.6 is 11.8 Å². The van der Waals surface area contributed by atoms with Crippen molar-refractivity contribution in [1.82, 2.24) is 0 Å². The van der Waals surface area contributed by atoms with Crippen LogP contribution in [0.15, 0.2) is 0 Å². The van der Waals surface area contributed by atoms with E-state index in [1.54, 1.807) is 0 Å². The fraction of sp³-hybridized carbons (Fsp3) is 1.00. The molecule has 2 nitrogen and oxygen atoms in total. The first kappa shape index (κ1) is 11.3. The van der Waals surface area contributed by atoms with Crippen LogP contribution in [-0.2, 0) is 4.74 Å². The van der Waals surface area contributed by atoms with Crippen molar-refractivity contribution in [1.29, 1.82) is 0 Å². The molecular formula is C10H21NOS. The predicted molar refractivity (Wildman–Crippen MR) is 59.2 cm³/mol. The van der Waals surface area contributed by atoms with Crippen molar-refractivity contribution in [2.45, 2.75) is 51.4 Å². The van der Waals surface area contributed by atoms with Gasteiger partial charge >= 0.3 is 0 Å². The van der Waals surface area contributed by atoms with Crippen LogP contribution in [-0.4, -0.2) is 29.3 Å². The highest BCUT2D eigenvalue weighted by Gasteiger charge is 2.22. The molecule has 13 heavy (non-hydrogen) atoms. The third-order valence-electron chi connectivity index (χ3n) is 2.10. The Bertz CT molecular complexity index is 155. The zero-order valence-electron chi connectivity index (χ0n) is 8.88. The van der Waals surface area contributed by atoms with Gasteiger partial charge in [-0.15, -0.1) is 0 Å². The second-order valence-corrected chi connectivity index (χ2v) is 5.68. The summed E-state index contributed by atoms with van der Waals surface area (Å²) in [4.78, 5) is 0. The Labute approximate surface area is 85.6 Å². The molecule has 78 valence electrons. The molecule has 0 spiro atoms. The van der Waals surface area contributed by atoms with Crippen molar-refractivity contribution in [2.75, 3.05) is 11.5 Å². The topological polar surface area (TPSA) is 35.2 Å². The first-order valence-corrected chi connectivity index (χ1v) is 6.15. The predicted octanol–water partition coefficient (Wildman–Crippen LogP) is 2.02. The average Bonchev–Trinajstić information content (AvgIpc) is 2.33. The Morgan fingerprint density at radius 2 is 2.15 bits per heavy atom. The van der Waals surface area contributed by atoms with Gasteiger partial charge in [0.2, 0.25) is 0 Å². The van der Waals surface area contributed by atoms with Gasteiger partial charge in [-0.05, 0) is 33.6 Å². The molecule has 0 aromatic carbocycles. The number of ether oxygens (including phenoxy) is 1. The molecular weight excluding hydrogens is 182 g/mol. The van der Waals surface area contributed by atoms with Gasteiger partial charge in [0.25, 0.3) is 0 Å². The molecule has 1 aliphatic rings. The molecule has 0 aromatic heterocycles. The summed E-state index contributed by atoms with van der Waals surface area (Å²) in [5, 5.41) is 0. The summed E-state index contributed by atoms with van der Waals surface area (Å²) < 4.78 is 5.71. The van der Waals surface area contributed by atoms with Crippen LogP contribution in [0.25, 0.3) is 0 Å². The van der Waals surface area contributed by atoms with Crippen LogP contribution in [0, 0.1) is 0 Å². The van der Waals surface area contributed by atoms with E-state index in [1.807, 2.05) is 11.8 Å². The molecule has 0 aromatic rings. The monoisotopic (exact) mass is 203 g/mol. The summed E-state index contributed by atoms with van der Waals surface area (Å²) in [6.45, 7) is 6.29. The molecule has 0 aliphatic carbocycles. The zero-order valence-corrected chi connectivity index (χ0v) is 9.69. The molecule has 0 saturated carbocycles. The van der Waals surface area contributed by atoms with E-state index in [4.69, 9.17) is 10.5 Å². The lowest BCUT2D eigenvalue weighted by Gasteiger charge is -2.19. The van der Waals surface area contributed by atoms with Crippen molar-refractivity contribution in [2.24, 2.45) is 5.73 Å². The Morgan fingerprint density at radius 1 is 1.46 bits per heavy atom. The maximum atomic E-state index is 5.89. The lowest BCUT2D eigenvalue weighted by Crippen LogP contribution is -2.35. The number of hydrogen-bond acceptors (Lipinski definition) is 3. The summed E-state index contributed by atoms with van der Waals surface area (Å²) >= 11 is 1.91. The Balaban J connectivity index is 2.07. The van der Waals surface area contributed by atoms with Crippen LogP contribution in [0.5, 0.6) is 0 Å². The summed E-state index contributed by atoms with van der Waals surface area (Å²) in [7, 11) is 0. The number of hydrogen-bond donors (Lipinski definition) is 1. The smallest absolute Gasteiger partial charge is 0.0670 e. The van der Waals surface area contributed by atoms with Crippen molar-refractivity contribution >= 4 is 11.8 Å². The summed E-state index contributed by atoms with van der Waals surface area (Å²) in [6.07, 6.45) is 3.38. The Morgan fingerprint density at radius 3 is 2.62 bits per heavy atom. The molecule has 3 heteroatoms. The van der Waals surface area contributed by atoms with Crippen molar-refractivity contribution < 1.29 is 4.74 Å². The Kier molecular flexibility index (Phi) is 4.07. The zero-order chi connectivity index (χ0) is 9.90. The number of thioether (sulfide) groups is 1. The molecule has 1 heterocycles. The van der Waals surface area contributed by atoms with Gasteiger partial charge in [0, 0.05) is 17.0 Å². The van der Waals surface area contributed by atoms with Crippen LogP contribution in [0.3, 0.4) is 0 Å². The molecule has 1 saturated heterocycles. The van der Waals surface area contributed by atoms with E-state index in [9.17, 15) is 0 Å². The third-order valence-corrected chi connectivity index (χ3v) is 3.65. The van der Waals surface area contributed by atoms with Gasteiger partial charge in [-0.3, -0.25) is 0 Å². The van der Waals surface area contributed by atoms with Crippen LogP contribution in [0.1, 0.15) is 33.6 Å². The highest BCUT2D eigenvalue weighted by atomic mass is 32.2. The van der Waals surface area contributed by atoms with Gasteiger partial charge in [-0.25, -0.2) is 0 Å². The number of rotatable bonds is 4. The quantitative estimate of drug-likeness (QED) is 0.759. The highest BCUT2D eigenvalue weighted by molar-refractivity contribution is 7.99. The minimum Gasteiger partial charge on any atom is -0.374 e. The summed E-state index contributed by atoms with van der Waals surface area (Å²) in [5.41, 5.74) is 5.84. The van der Waals surface area contributed by atoms with Gasteiger partial charge < -0.3 is 10.5 Å². The van der Waals surface area contributed by atoms with Crippen molar-refractivity contribution in [3.63, 3.8) is 0 Å². The van der Waals surface area contributed by atoms with E-state index in [0.29, 0.717) is 12.2 Å². The molecule has 0 radical (unpaired) electrons. The molecule has 2 atom stereocenters. The lowest BCUT2D eigenvalue weighted by molar-refractivity contribution is 0.0700. The molecule has 1 fully saturated rings. The minimum atomic E-state index is -0.0467. The summed E-state index contributed by atoms with van der Waals surface area (Å²) in [5.74, 6) is 2.12. The van der Waals surface area contributed by atoms with E-state index in [0.717, 1.165) is 11.5 Å². The van der Waals surface area contributed by atoms with E-state index in [2.05, 4.69) is 20.8 Å². The van der Waals surface area contributed by atoms with Gasteiger partial charge in [0.1, 0.15) is 0 Å². The minimum absolute atomic E-state index is 0.0467. The van der Waals surface area contributed by atoms with E-state index < -0.39 is 0 Å².